The van der Waals surface area contributed by atoms with E-state index in [1.54, 1.807) is 0 Å². The number of aromatic nitrogens is 3. The largest absolute Gasteiger partial charge is 0.267 e. The number of halogens is 2. The highest BCUT2D eigenvalue weighted by Crippen LogP contribution is 2.20. The number of nitrogens with one attached hydrogen (secondary N) is 2. The van der Waals surface area contributed by atoms with Crippen LogP contribution < -0.4 is 4.72 Å². The van der Waals surface area contributed by atoms with Crippen LogP contribution in [0.15, 0.2) is 33.9 Å². The second kappa shape index (κ2) is 4.41. The molecule has 0 aliphatic rings. The predicted molar refractivity (Wildman–Crippen MR) is 61.3 cm³/mol. The van der Waals surface area contributed by atoms with Crippen molar-refractivity contribution in [2.45, 2.75) is 4.90 Å². The van der Waals surface area contributed by atoms with Crippen molar-refractivity contribution < 1.29 is 12.8 Å². The van der Waals surface area contributed by atoms with E-state index in [4.69, 9.17) is 0 Å². The molecule has 0 atom stereocenters. The zero-order chi connectivity index (χ0) is 12.5. The minimum absolute atomic E-state index is 0.0766. The van der Waals surface area contributed by atoms with E-state index in [1.807, 2.05) is 0 Å². The first-order valence-electron chi connectivity index (χ1n) is 4.32. The van der Waals surface area contributed by atoms with Crippen molar-refractivity contribution in [3.63, 3.8) is 0 Å². The Balaban J connectivity index is 2.38. The minimum atomic E-state index is -4.01. The van der Waals surface area contributed by atoms with Gasteiger partial charge in [-0.1, -0.05) is 15.9 Å². The van der Waals surface area contributed by atoms with Crippen LogP contribution in [0.4, 0.5) is 10.3 Å². The zero-order valence-electron chi connectivity index (χ0n) is 8.18. The van der Waals surface area contributed by atoms with Crippen LogP contribution in [0.25, 0.3) is 0 Å². The summed E-state index contributed by atoms with van der Waals surface area (Å²) in [6.45, 7) is 0. The Morgan fingerprint density at radius 1 is 1.41 bits per heavy atom. The molecular formula is C8H6BrFN4O2S. The van der Waals surface area contributed by atoms with Crippen LogP contribution in [-0.2, 0) is 10.0 Å². The first kappa shape index (κ1) is 12.0. The summed E-state index contributed by atoms with van der Waals surface area (Å²) in [6.07, 6.45) is 1.13. The summed E-state index contributed by atoms with van der Waals surface area (Å²) in [4.78, 5) is 3.12. The molecule has 0 saturated carbocycles. The fourth-order valence-corrected chi connectivity index (χ4v) is 2.49. The number of rotatable bonds is 3. The molecule has 0 amide bonds. The van der Waals surface area contributed by atoms with Gasteiger partial charge in [0, 0.05) is 4.47 Å². The molecule has 0 saturated heterocycles. The Labute approximate surface area is 104 Å². The lowest BCUT2D eigenvalue weighted by atomic mass is 10.3. The molecular weight excluding hydrogens is 315 g/mol. The smallest absolute Gasteiger partial charge is 0.247 e. The van der Waals surface area contributed by atoms with E-state index >= 15 is 0 Å². The molecule has 17 heavy (non-hydrogen) atoms. The SMILES string of the molecule is O=S(=O)(Nc1ncn[nH]1)c1ccc(Br)cc1F. The van der Waals surface area contributed by atoms with E-state index in [0.29, 0.717) is 4.47 Å². The van der Waals surface area contributed by atoms with Gasteiger partial charge in [0.05, 0.1) is 0 Å². The molecule has 9 heteroatoms. The van der Waals surface area contributed by atoms with Gasteiger partial charge in [-0.2, -0.15) is 10.1 Å². The number of H-pyrrole nitrogens is 1. The van der Waals surface area contributed by atoms with Gasteiger partial charge in [0.2, 0.25) is 5.95 Å². The number of hydrogen-bond donors (Lipinski definition) is 2. The third-order valence-electron chi connectivity index (χ3n) is 1.83. The molecule has 2 N–H and O–H groups in total. The molecule has 0 radical (unpaired) electrons. The van der Waals surface area contributed by atoms with Crippen LogP contribution in [-0.4, -0.2) is 23.6 Å². The van der Waals surface area contributed by atoms with Crippen molar-refractivity contribution in [1.82, 2.24) is 15.2 Å². The van der Waals surface area contributed by atoms with Gasteiger partial charge in [-0.25, -0.2) is 22.6 Å². The highest BCUT2D eigenvalue weighted by Gasteiger charge is 2.20. The summed E-state index contributed by atoms with van der Waals surface area (Å²) in [5, 5.41) is 5.78. The number of sulfonamides is 1. The average Bonchev–Trinajstić information content (AvgIpc) is 2.68. The summed E-state index contributed by atoms with van der Waals surface area (Å²) in [7, 11) is -4.01. The molecule has 0 aliphatic carbocycles. The first-order chi connectivity index (χ1) is 7.99. The Hall–Kier alpha value is -1.48. The van der Waals surface area contributed by atoms with E-state index in [-0.39, 0.29) is 5.95 Å². The van der Waals surface area contributed by atoms with Gasteiger partial charge in [0.1, 0.15) is 17.0 Å². The van der Waals surface area contributed by atoms with Crippen molar-refractivity contribution >= 4 is 31.9 Å². The molecule has 1 aromatic carbocycles. The Bertz CT molecular complexity index is 629. The quantitative estimate of drug-likeness (QED) is 0.897. The highest BCUT2D eigenvalue weighted by molar-refractivity contribution is 9.10. The summed E-state index contributed by atoms with van der Waals surface area (Å²) in [6, 6.07) is 3.64. The second-order valence-corrected chi connectivity index (χ2v) is 5.58. The monoisotopic (exact) mass is 320 g/mol. The standard InChI is InChI=1S/C8H6BrFN4O2S/c9-5-1-2-7(6(10)3-5)17(15,16)14-8-11-4-12-13-8/h1-4H,(H2,11,12,13,14). The van der Waals surface area contributed by atoms with E-state index < -0.39 is 20.7 Å². The van der Waals surface area contributed by atoms with Gasteiger partial charge in [0.15, 0.2) is 0 Å². The molecule has 0 aliphatic heterocycles. The minimum Gasteiger partial charge on any atom is -0.247 e. The lowest BCUT2D eigenvalue weighted by Crippen LogP contribution is -2.15. The topological polar surface area (TPSA) is 87.7 Å². The third kappa shape index (κ3) is 2.61. The molecule has 0 unspecified atom stereocenters. The van der Waals surface area contributed by atoms with Gasteiger partial charge >= 0.3 is 0 Å². The molecule has 1 heterocycles. The molecule has 0 spiro atoms. The summed E-state index contributed by atoms with van der Waals surface area (Å²) >= 11 is 3.04. The highest BCUT2D eigenvalue weighted by atomic mass is 79.9. The zero-order valence-corrected chi connectivity index (χ0v) is 10.6. The molecule has 90 valence electrons. The molecule has 6 nitrogen and oxygen atoms in total. The number of benzene rings is 1. The van der Waals surface area contributed by atoms with Gasteiger partial charge in [0.25, 0.3) is 10.0 Å². The van der Waals surface area contributed by atoms with Gasteiger partial charge in [-0.05, 0) is 18.2 Å². The number of nitrogens with zero attached hydrogens (tertiary/aromatic N) is 2. The Morgan fingerprint density at radius 3 is 2.76 bits per heavy atom. The van der Waals surface area contributed by atoms with Gasteiger partial charge in [-0.3, -0.25) is 0 Å². The first-order valence-corrected chi connectivity index (χ1v) is 6.60. The van der Waals surface area contributed by atoms with E-state index in [2.05, 4.69) is 35.8 Å². The van der Waals surface area contributed by atoms with Crippen LogP contribution in [0.5, 0.6) is 0 Å². The molecule has 2 aromatic rings. The maximum Gasteiger partial charge on any atom is 0.267 e. The van der Waals surface area contributed by atoms with Crippen molar-refractivity contribution in [2.24, 2.45) is 0 Å². The van der Waals surface area contributed by atoms with Crippen LogP contribution in [0, 0.1) is 5.82 Å². The van der Waals surface area contributed by atoms with E-state index in [0.717, 1.165) is 18.5 Å². The summed E-state index contributed by atoms with van der Waals surface area (Å²) < 4.78 is 39.5. The van der Waals surface area contributed by atoms with Crippen LogP contribution in [0.3, 0.4) is 0 Å². The molecule has 0 bridgehead atoms. The Morgan fingerprint density at radius 2 is 2.18 bits per heavy atom. The Kier molecular flexibility index (Phi) is 3.11. The third-order valence-corrected chi connectivity index (χ3v) is 3.69. The van der Waals surface area contributed by atoms with Crippen molar-refractivity contribution in [3.8, 4) is 0 Å². The lowest BCUT2D eigenvalue weighted by Gasteiger charge is -2.06. The van der Waals surface area contributed by atoms with Gasteiger partial charge < -0.3 is 0 Å². The van der Waals surface area contributed by atoms with Gasteiger partial charge in [-0.15, -0.1) is 0 Å². The van der Waals surface area contributed by atoms with Crippen molar-refractivity contribution in [2.75, 3.05) is 4.72 Å². The van der Waals surface area contributed by atoms with Crippen molar-refractivity contribution in [3.05, 3.63) is 34.8 Å². The predicted octanol–water partition coefficient (Wildman–Crippen LogP) is 1.51. The molecule has 2 rings (SSSR count). The van der Waals surface area contributed by atoms with E-state index in [1.165, 1.54) is 6.07 Å². The van der Waals surface area contributed by atoms with Crippen LogP contribution >= 0.6 is 15.9 Å². The maximum atomic E-state index is 13.5. The normalized spacial score (nSPS) is 11.4. The van der Waals surface area contributed by atoms with Crippen LogP contribution in [0.2, 0.25) is 0 Å². The van der Waals surface area contributed by atoms with Crippen molar-refractivity contribution in [1.29, 1.82) is 0 Å². The fraction of sp³-hybridized carbons (Fsp3) is 0. The number of anilines is 1. The fourth-order valence-electron chi connectivity index (χ4n) is 1.13. The maximum absolute atomic E-state index is 13.5. The lowest BCUT2D eigenvalue weighted by molar-refractivity contribution is 0.569. The number of hydrogen-bond acceptors (Lipinski definition) is 4. The summed E-state index contributed by atoms with van der Waals surface area (Å²) in [5.74, 6) is -0.932. The summed E-state index contributed by atoms with van der Waals surface area (Å²) in [5.41, 5.74) is 0. The average molecular weight is 321 g/mol. The molecule has 1 aromatic heterocycles. The van der Waals surface area contributed by atoms with E-state index in [9.17, 15) is 12.8 Å². The molecule has 0 fully saturated rings. The number of aromatic amines is 1. The second-order valence-electron chi connectivity index (χ2n) is 3.01. The van der Waals surface area contributed by atoms with Crippen LogP contribution in [0.1, 0.15) is 0 Å².